The number of hydrogen-bond acceptors (Lipinski definition) is 4. The molecule has 0 N–H and O–H groups in total. The maximum atomic E-state index is 12.0. The van der Waals surface area contributed by atoms with Crippen LogP contribution in [-0.4, -0.2) is 20.2 Å². The van der Waals surface area contributed by atoms with Crippen molar-refractivity contribution in [3.63, 3.8) is 0 Å². The van der Waals surface area contributed by atoms with Crippen LogP contribution in [0.15, 0.2) is 78.5 Å². The van der Waals surface area contributed by atoms with Gasteiger partial charge in [-0.1, -0.05) is 36.4 Å². The van der Waals surface area contributed by atoms with E-state index in [0.29, 0.717) is 5.57 Å². The summed E-state index contributed by atoms with van der Waals surface area (Å²) in [7, 11) is 3.03. The number of rotatable bonds is 4. The largest absolute Gasteiger partial charge is 0.497 e. The Morgan fingerprint density at radius 3 is 2.28 bits per heavy atom. The average molecular weight is 335 g/mol. The summed E-state index contributed by atoms with van der Waals surface area (Å²) < 4.78 is 10.1. The van der Waals surface area contributed by atoms with Gasteiger partial charge in [-0.3, -0.25) is 0 Å². The van der Waals surface area contributed by atoms with Gasteiger partial charge in [0.2, 0.25) is 0 Å². The van der Waals surface area contributed by atoms with E-state index in [1.165, 1.54) is 7.11 Å². The number of carbonyl (C=O) groups excluding carboxylic acids is 1. The molecular weight excluding hydrogens is 314 g/mol. The van der Waals surface area contributed by atoms with Crippen LogP contribution < -0.4 is 9.64 Å². The third-order valence-electron chi connectivity index (χ3n) is 4.49. The summed E-state index contributed by atoms with van der Waals surface area (Å²) in [6.45, 7) is 2.12. The molecule has 4 heteroatoms. The maximum absolute atomic E-state index is 12.0. The van der Waals surface area contributed by atoms with Crippen LogP contribution >= 0.6 is 0 Å². The van der Waals surface area contributed by atoms with E-state index in [1.807, 2.05) is 60.8 Å². The van der Waals surface area contributed by atoms with Gasteiger partial charge in [-0.2, -0.15) is 0 Å². The van der Waals surface area contributed by atoms with Gasteiger partial charge in [0.1, 0.15) is 5.75 Å². The van der Waals surface area contributed by atoms with E-state index in [4.69, 9.17) is 9.47 Å². The lowest BCUT2D eigenvalue weighted by Crippen LogP contribution is -2.41. The molecule has 3 rings (SSSR count). The van der Waals surface area contributed by atoms with Crippen molar-refractivity contribution in [2.45, 2.75) is 12.5 Å². The van der Waals surface area contributed by atoms with Gasteiger partial charge in [0.05, 0.1) is 25.3 Å². The molecule has 25 heavy (non-hydrogen) atoms. The minimum atomic E-state index is -0.423. The van der Waals surface area contributed by atoms with Crippen LogP contribution in [-0.2, 0) is 15.1 Å². The Balaban J connectivity index is 2.09. The molecule has 0 bridgehead atoms. The standard InChI is InChI=1S/C21H21NO3/c1-21(17-7-5-4-6-8-17)14-13-16(20(23)25-3)15-22(21)18-9-11-19(24-2)12-10-18/h4-15H,1-3H3. The minimum absolute atomic E-state index is 0.357. The van der Waals surface area contributed by atoms with Crippen molar-refractivity contribution in [1.82, 2.24) is 0 Å². The first-order chi connectivity index (χ1) is 12.1. The lowest BCUT2D eigenvalue weighted by molar-refractivity contribution is -0.135. The molecule has 1 aliphatic heterocycles. The number of hydrogen-bond donors (Lipinski definition) is 0. The molecule has 1 heterocycles. The molecule has 1 unspecified atom stereocenters. The van der Waals surface area contributed by atoms with Crippen molar-refractivity contribution in [3.8, 4) is 5.75 Å². The summed E-state index contributed by atoms with van der Waals surface area (Å²) in [6, 6.07) is 18.0. The average Bonchev–Trinajstić information content (AvgIpc) is 2.68. The first-order valence-corrected chi connectivity index (χ1v) is 8.07. The highest BCUT2D eigenvalue weighted by molar-refractivity contribution is 5.93. The highest BCUT2D eigenvalue weighted by atomic mass is 16.5. The minimum Gasteiger partial charge on any atom is -0.497 e. The molecule has 0 saturated carbocycles. The summed E-state index contributed by atoms with van der Waals surface area (Å²) in [5.41, 5.74) is 2.17. The highest BCUT2D eigenvalue weighted by Crippen LogP contribution is 2.38. The quantitative estimate of drug-likeness (QED) is 0.791. The summed E-state index contributed by atoms with van der Waals surface area (Å²) in [5, 5.41) is 0. The zero-order valence-corrected chi connectivity index (χ0v) is 14.6. The highest BCUT2D eigenvalue weighted by Gasteiger charge is 2.34. The first kappa shape index (κ1) is 16.8. The molecule has 4 nitrogen and oxygen atoms in total. The predicted octanol–water partition coefficient (Wildman–Crippen LogP) is 4.04. The number of carbonyl (C=O) groups is 1. The molecule has 0 fully saturated rings. The van der Waals surface area contributed by atoms with Gasteiger partial charge in [-0.05, 0) is 42.8 Å². The van der Waals surface area contributed by atoms with Gasteiger partial charge in [0.15, 0.2) is 0 Å². The normalized spacial score (nSPS) is 19.3. The monoisotopic (exact) mass is 335 g/mol. The van der Waals surface area contributed by atoms with Crippen LogP contribution in [0.5, 0.6) is 5.75 Å². The van der Waals surface area contributed by atoms with Crippen molar-refractivity contribution in [1.29, 1.82) is 0 Å². The van der Waals surface area contributed by atoms with E-state index >= 15 is 0 Å². The van der Waals surface area contributed by atoms with Gasteiger partial charge in [0.25, 0.3) is 0 Å². The SMILES string of the molecule is COC(=O)C1=CN(c2ccc(OC)cc2)C(C)(c2ccccc2)C=C1. The predicted molar refractivity (Wildman–Crippen MR) is 98.5 cm³/mol. The smallest absolute Gasteiger partial charge is 0.339 e. The van der Waals surface area contributed by atoms with E-state index in [-0.39, 0.29) is 5.97 Å². The Morgan fingerprint density at radius 2 is 1.68 bits per heavy atom. The van der Waals surface area contributed by atoms with Crippen molar-refractivity contribution in [2.24, 2.45) is 0 Å². The van der Waals surface area contributed by atoms with Crippen molar-refractivity contribution < 1.29 is 14.3 Å². The van der Waals surface area contributed by atoms with Gasteiger partial charge in [-0.15, -0.1) is 0 Å². The second-order valence-electron chi connectivity index (χ2n) is 5.99. The third kappa shape index (κ3) is 3.15. The van der Waals surface area contributed by atoms with Crippen LogP contribution in [0.2, 0.25) is 0 Å². The van der Waals surface area contributed by atoms with Crippen LogP contribution in [0, 0.1) is 0 Å². The lowest BCUT2D eigenvalue weighted by atomic mass is 9.86. The van der Waals surface area contributed by atoms with Crippen molar-refractivity contribution >= 4 is 11.7 Å². The van der Waals surface area contributed by atoms with E-state index in [9.17, 15) is 4.79 Å². The fraction of sp³-hybridized carbons (Fsp3) is 0.190. The first-order valence-electron chi connectivity index (χ1n) is 8.07. The van der Waals surface area contributed by atoms with E-state index < -0.39 is 5.54 Å². The van der Waals surface area contributed by atoms with E-state index in [2.05, 4.69) is 24.0 Å². The van der Waals surface area contributed by atoms with Gasteiger partial charge < -0.3 is 14.4 Å². The zero-order chi connectivity index (χ0) is 17.9. The van der Waals surface area contributed by atoms with E-state index in [0.717, 1.165) is 17.0 Å². The molecule has 0 spiro atoms. The maximum Gasteiger partial charge on any atom is 0.339 e. The molecule has 128 valence electrons. The van der Waals surface area contributed by atoms with E-state index in [1.54, 1.807) is 7.11 Å². The van der Waals surface area contributed by atoms with Crippen molar-refractivity contribution in [3.05, 3.63) is 84.1 Å². The summed E-state index contributed by atoms with van der Waals surface area (Å²) in [6.07, 6.45) is 5.68. The lowest BCUT2D eigenvalue weighted by Gasteiger charge is -2.41. The number of methoxy groups -OCH3 is 2. The Morgan fingerprint density at radius 1 is 1.00 bits per heavy atom. The molecule has 0 aliphatic carbocycles. The molecular formula is C21H21NO3. The van der Waals surface area contributed by atoms with Crippen LogP contribution in [0.25, 0.3) is 0 Å². The van der Waals surface area contributed by atoms with Crippen LogP contribution in [0.4, 0.5) is 5.69 Å². The molecule has 0 saturated heterocycles. The molecule has 0 amide bonds. The molecule has 0 radical (unpaired) electrons. The van der Waals surface area contributed by atoms with Crippen LogP contribution in [0.3, 0.4) is 0 Å². The Labute approximate surface area is 148 Å². The van der Waals surface area contributed by atoms with Gasteiger partial charge in [0, 0.05) is 11.9 Å². The Hall–Kier alpha value is -3.01. The fourth-order valence-corrected chi connectivity index (χ4v) is 2.98. The number of nitrogens with zero attached hydrogens (tertiary/aromatic N) is 1. The number of ether oxygens (including phenoxy) is 2. The summed E-state index contributed by atoms with van der Waals surface area (Å²) in [5.74, 6) is 0.430. The molecule has 0 aromatic heterocycles. The van der Waals surface area contributed by atoms with Gasteiger partial charge in [-0.25, -0.2) is 4.79 Å². The number of benzene rings is 2. The van der Waals surface area contributed by atoms with Crippen LogP contribution in [0.1, 0.15) is 12.5 Å². The number of anilines is 1. The third-order valence-corrected chi connectivity index (χ3v) is 4.49. The van der Waals surface area contributed by atoms with Gasteiger partial charge >= 0.3 is 5.97 Å². The Bertz CT molecular complexity index is 809. The van der Waals surface area contributed by atoms with Crippen molar-refractivity contribution in [2.75, 3.05) is 19.1 Å². The zero-order valence-electron chi connectivity index (χ0n) is 14.6. The molecule has 1 aliphatic rings. The number of esters is 1. The second kappa shape index (κ2) is 6.85. The second-order valence-corrected chi connectivity index (χ2v) is 5.99. The Kier molecular flexibility index (Phi) is 4.61. The topological polar surface area (TPSA) is 38.8 Å². The fourth-order valence-electron chi connectivity index (χ4n) is 2.98. The molecule has 2 aromatic carbocycles. The molecule has 1 atom stereocenters. The summed E-state index contributed by atoms with van der Waals surface area (Å²) in [4.78, 5) is 14.1. The summed E-state index contributed by atoms with van der Waals surface area (Å²) >= 11 is 0. The molecule has 2 aromatic rings.